The van der Waals surface area contributed by atoms with Crippen LogP contribution in [-0.2, 0) is 30.8 Å². The first kappa shape index (κ1) is 18.1. The quantitative estimate of drug-likeness (QED) is 0.532. The molecule has 0 radical (unpaired) electrons. The van der Waals surface area contributed by atoms with Crippen LogP contribution in [0.3, 0.4) is 0 Å². The largest absolute Gasteiger partial charge is 0.351 e. The Kier molecular flexibility index (Phi) is 4.77. The van der Waals surface area contributed by atoms with Gasteiger partial charge in [-0.3, -0.25) is 19.3 Å². The SMILES string of the molecule is O=C(CN1C(=O)C(=O)N(Cc2ccccc2)C1=O)N[C@H]1CCS(=O)(=O)C1. The molecule has 2 fully saturated rings. The minimum Gasteiger partial charge on any atom is -0.351 e. The predicted octanol–water partition coefficient (Wildman–Crippen LogP) is -0.719. The van der Waals surface area contributed by atoms with E-state index in [9.17, 15) is 27.6 Å². The number of hydrogen-bond acceptors (Lipinski definition) is 6. The van der Waals surface area contributed by atoms with Gasteiger partial charge in [-0.2, -0.15) is 0 Å². The van der Waals surface area contributed by atoms with E-state index >= 15 is 0 Å². The summed E-state index contributed by atoms with van der Waals surface area (Å²) in [6.45, 7) is -0.686. The first-order valence-corrected chi connectivity index (χ1v) is 9.80. The highest BCUT2D eigenvalue weighted by Gasteiger charge is 2.45. The normalized spacial score (nSPS) is 22.2. The van der Waals surface area contributed by atoms with Crippen LogP contribution in [0.2, 0.25) is 0 Å². The fourth-order valence-electron chi connectivity index (χ4n) is 2.92. The molecule has 1 aromatic carbocycles. The summed E-state index contributed by atoms with van der Waals surface area (Å²) in [4.78, 5) is 49.8. The molecular formula is C16H17N3O6S. The third kappa shape index (κ3) is 3.74. The molecule has 5 amide bonds. The number of hydrogen-bond donors (Lipinski definition) is 1. The number of imide groups is 2. The molecule has 138 valence electrons. The van der Waals surface area contributed by atoms with Crippen LogP contribution in [0, 0.1) is 0 Å². The molecular weight excluding hydrogens is 362 g/mol. The molecule has 2 aliphatic rings. The maximum atomic E-state index is 12.3. The predicted molar refractivity (Wildman–Crippen MR) is 89.3 cm³/mol. The van der Waals surface area contributed by atoms with E-state index in [1.54, 1.807) is 30.3 Å². The Balaban J connectivity index is 1.63. The third-order valence-electron chi connectivity index (χ3n) is 4.22. The molecule has 1 aromatic rings. The minimum absolute atomic E-state index is 0.0111. The summed E-state index contributed by atoms with van der Waals surface area (Å²) < 4.78 is 22.8. The maximum Gasteiger partial charge on any atom is 0.335 e. The first-order chi connectivity index (χ1) is 12.3. The standard InChI is InChI=1S/C16H17N3O6S/c20-13(17-12-6-7-26(24,25)10-12)9-19-15(22)14(21)18(16(19)23)8-11-4-2-1-3-5-11/h1-5,12H,6-10H2,(H,17,20)/t12-/m0/s1. The van der Waals surface area contributed by atoms with Crippen LogP contribution < -0.4 is 5.32 Å². The average Bonchev–Trinajstić information content (AvgIpc) is 3.03. The van der Waals surface area contributed by atoms with Crippen molar-refractivity contribution >= 4 is 33.6 Å². The molecule has 2 heterocycles. The molecule has 0 saturated carbocycles. The van der Waals surface area contributed by atoms with Gasteiger partial charge in [0.05, 0.1) is 18.1 Å². The maximum absolute atomic E-state index is 12.3. The lowest BCUT2D eigenvalue weighted by Gasteiger charge is -2.17. The van der Waals surface area contributed by atoms with Crippen molar-refractivity contribution < 1.29 is 27.6 Å². The zero-order chi connectivity index (χ0) is 18.9. The Morgan fingerprint density at radius 3 is 2.35 bits per heavy atom. The number of benzene rings is 1. The van der Waals surface area contributed by atoms with Crippen molar-refractivity contribution in [2.24, 2.45) is 0 Å². The van der Waals surface area contributed by atoms with Crippen molar-refractivity contribution in [3.8, 4) is 0 Å². The van der Waals surface area contributed by atoms with Gasteiger partial charge in [-0.15, -0.1) is 0 Å². The zero-order valence-electron chi connectivity index (χ0n) is 13.8. The lowest BCUT2D eigenvalue weighted by molar-refractivity contribution is -0.144. The Morgan fingerprint density at radius 1 is 1.08 bits per heavy atom. The number of carbonyl (C=O) groups excluding carboxylic acids is 4. The summed E-state index contributed by atoms with van der Waals surface area (Å²) in [6, 6.07) is 7.27. The second kappa shape index (κ2) is 6.87. The van der Waals surface area contributed by atoms with Crippen molar-refractivity contribution in [2.45, 2.75) is 19.0 Å². The van der Waals surface area contributed by atoms with Gasteiger partial charge in [0.15, 0.2) is 9.84 Å². The van der Waals surface area contributed by atoms with Gasteiger partial charge in [-0.1, -0.05) is 30.3 Å². The monoisotopic (exact) mass is 379 g/mol. The highest BCUT2D eigenvalue weighted by Crippen LogP contribution is 2.16. The number of carbonyl (C=O) groups is 4. The highest BCUT2D eigenvalue weighted by molar-refractivity contribution is 7.91. The molecule has 26 heavy (non-hydrogen) atoms. The van der Waals surface area contributed by atoms with Gasteiger partial charge in [-0.05, 0) is 12.0 Å². The van der Waals surface area contributed by atoms with Crippen molar-refractivity contribution in [1.82, 2.24) is 15.1 Å². The Labute approximate surface area is 149 Å². The van der Waals surface area contributed by atoms with E-state index in [0.29, 0.717) is 10.5 Å². The zero-order valence-corrected chi connectivity index (χ0v) is 14.6. The number of sulfone groups is 1. The molecule has 0 unspecified atom stereocenters. The van der Waals surface area contributed by atoms with Gasteiger partial charge in [0.2, 0.25) is 5.91 Å². The van der Waals surface area contributed by atoms with Crippen LogP contribution in [0.15, 0.2) is 30.3 Å². The smallest absolute Gasteiger partial charge is 0.335 e. The molecule has 0 aromatic heterocycles. The fourth-order valence-corrected chi connectivity index (χ4v) is 4.59. The third-order valence-corrected chi connectivity index (χ3v) is 5.99. The number of urea groups is 1. The fraction of sp³-hybridized carbons (Fsp3) is 0.375. The summed E-state index contributed by atoms with van der Waals surface area (Å²) in [7, 11) is -3.17. The minimum atomic E-state index is -3.17. The van der Waals surface area contributed by atoms with Crippen LogP contribution in [-0.4, -0.2) is 66.1 Å². The second-order valence-corrected chi connectivity index (χ2v) is 8.45. The average molecular weight is 379 g/mol. The molecule has 1 N–H and O–H groups in total. The van der Waals surface area contributed by atoms with Crippen molar-refractivity contribution in [3.63, 3.8) is 0 Å². The Hall–Kier alpha value is -2.75. The second-order valence-electron chi connectivity index (χ2n) is 6.22. The van der Waals surface area contributed by atoms with Crippen molar-refractivity contribution in [3.05, 3.63) is 35.9 Å². The van der Waals surface area contributed by atoms with E-state index in [1.165, 1.54) is 0 Å². The van der Waals surface area contributed by atoms with Crippen molar-refractivity contribution in [1.29, 1.82) is 0 Å². The van der Waals surface area contributed by atoms with Gasteiger partial charge in [0, 0.05) is 6.04 Å². The summed E-state index contributed by atoms with van der Waals surface area (Å²) in [5, 5.41) is 2.49. The first-order valence-electron chi connectivity index (χ1n) is 7.98. The van der Waals surface area contributed by atoms with E-state index in [4.69, 9.17) is 0 Å². The molecule has 1 atom stereocenters. The van der Waals surface area contributed by atoms with E-state index < -0.39 is 46.2 Å². The van der Waals surface area contributed by atoms with Gasteiger partial charge >= 0.3 is 17.8 Å². The lowest BCUT2D eigenvalue weighted by Crippen LogP contribution is -2.45. The summed E-state index contributed by atoms with van der Waals surface area (Å²) in [5.41, 5.74) is 0.671. The topological polar surface area (TPSA) is 121 Å². The number of nitrogens with one attached hydrogen (secondary N) is 1. The van der Waals surface area contributed by atoms with Crippen LogP contribution in [0.25, 0.3) is 0 Å². The Bertz CT molecular complexity index is 867. The van der Waals surface area contributed by atoms with Gasteiger partial charge in [0.1, 0.15) is 6.54 Å². The van der Waals surface area contributed by atoms with E-state index in [2.05, 4.69) is 5.32 Å². The summed E-state index contributed by atoms with van der Waals surface area (Å²) in [5.74, 6) is -2.92. The van der Waals surface area contributed by atoms with Gasteiger partial charge in [0.25, 0.3) is 0 Å². The molecule has 2 saturated heterocycles. The van der Waals surface area contributed by atoms with Crippen LogP contribution in [0.4, 0.5) is 4.79 Å². The molecule has 0 aliphatic carbocycles. The van der Waals surface area contributed by atoms with E-state index in [-0.39, 0.29) is 24.5 Å². The molecule has 2 aliphatic heterocycles. The molecule has 3 rings (SSSR count). The number of nitrogens with zero attached hydrogens (tertiary/aromatic N) is 2. The molecule has 9 nitrogen and oxygen atoms in total. The van der Waals surface area contributed by atoms with Crippen LogP contribution >= 0.6 is 0 Å². The lowest BCUT2D eigenvalue weighted by atomic mass is 10.2. The van der Waals surface area contributed by atoms with E-state index in [1.807, 2.05) is 0 Å². The van der Waals surface area contributed by atoms with Crippen molar-refractivity contribution in [2.75, 3.05) is 18.1 Å². The summed E-state index contributed by atoms with van der Waals surface area (Å²) in [6.07, 6.45) is 0.287. The van der Waals surface area contributed by atoms with Gasteiger partial charge < -0.3 is 5.32 Å². The number of rotatable bonds is 5. The van der Waals surface area contributed by atoms with Gasteiger partial charge in [-0.25, -0.2) is 18.1 Å². The number of amides is 5. The summed E-state index contributed by atoms with van der Waals surface area (Å²) >= 11 is 0. The van der Waals surface area contributed by atoms with Crippen LogP contribution in [0.5, 0.6) is 0 Å². The molecule has 0 spiro atoms. The molecule has 10 heteroatoms. The Morgan fingerprint density at radius 2 is 1.73 bits per heavy atom. The van der Waals surface area contributed by atoms with E-state index in [0.717, 1.165) is 4.90 Å². The highest BCUT2D eigenvalue weighted by atomic mass is 32.2. The van der Waals surface area contributed by atoms with Crippen LogP contribution in [0.1, 0.15) is 12.0 Å². The molecule has 0 bridgehead atoms.